The number of halogens is 3. The van der Waals surface area contributed by atoms with Crippen molar-refractivity contribution in [2.24, 2.45) is 0 Å². The Hall–Kier alpha value is -2.11. The molecule has 1 heterocycles. The highest BCUT2D eigenvalue weighted by molar-refractivity contribution is 5.45. The van der Waals surface area contributed by atoms with Gasteiger partial charge in [-0.05, 0) is 49.1 Å². The molecule has 3 nitrogen and oxygen atoms in total. The number of hydrogen-bond acceptors (Lipinski definition) is 3. The number of rotatable bonds is 4. The average molecular weight is 323 g/mol. The lowest BCUT2D eigenvalue weighted by molar-refractivity contribution is -0.137. The van der Waals surface area contributed by atoms with Gasteiger partial charge in [0.15, 0.2) is 5.82 Å². The standard InChI is InChI=1S/C17H20F3N3/c1-10(2)15-9-11(3)16(23-22-15)21-12(4)13-5-7-14(8-6-13)17(18,19)20/h5-10,12H,1-4H3,(H,21,23)/t12-/m1/s1. The van der Waals surface area contributed by atoms with Crippen molar-refractivity contribution in [3.05, 3.63) is 52.7 Å². The molecule has 1 aromatic carbocycles. The molecule has 23 heavy (non-hydrogen) atoms. The largest absolute Gasteiger partial charge is 0.416 e. The Morgan fingerprint density at radius 1 is 1.00 bits per heavy atom. The molecule has 0 aliphatic carbocycles. The van der Waals surface area contributed by atoms with Gasteiger partial charge in [0.2, 0.25) is 0 Å². The number of benzene rings is 1. The third kappa shape index (κ3) is 4.21. The molecule has 1 aromatic heterocycles. The van der Waals surface area contributed by atoms with Crippen molar-refractivity contribution in [2.75, 3.05) is 5.32 Å². The van der Waals surface area contributed by atoms with Gasteiger partial charge < -0.3 is 5.32 Å². The zero-order valence-electron chi connectivity index (χ0n) is 13.6. The van der Waals surface area contributed by atoms with Crippen LogP contribution in [0.2, 0.25) is 0 Å². The van der Waals surface area contributed by atoms with Gasteiger partial charge in [-0.1, -0.05) is 26.0 Å². The van der Waals surface area contributed by atoms with Crippen molar-refractivity contribution < 1.29 is 13.2 Å². The van der Waals surface area contributed by atoms with Gasteiger partial charge in [-0.2, -0.15) is 18.3 Å². The molecular formula is C17H20F3N3. The van der Waals surface area contributed by atoms with E-state index in [9.17, 15) is 13.2 Å². The van der Waals surface area contributed by atoms with Crippen LogP contribution in [0.5, 0.6) is 0 Å². The molecule has 0 aliphatic heterocycles. The zero-order valence-corrected chi connectivity index (χ0v) is 13.6. The lowest BCUT2D eigenvalue weighted by atomic mass is 10.1. The quantitative estimate of drug-likeness (QED) is 0.850. The molecule has 0 spiro atoms. The second-order valence-corrected chi connectivity index (χ2v) is 5.94. The molecule has 0 amide bonds. The maximum atomic E-state index is 12.6. The Bertz CT molecular complexity index is 664. The van der Waals surface area contributed by atoms with Crippen LogP contribution >= 0.6 is 0 Å². The molecule has 124 valence electrons. The highest BCUT2D eigenvalue weighted by Gasteiger charge is 2.30. The Morgan fingerprint density at radius 2 is 1.61 bits per heavy atom. The summed E-state index contributed by atoms with van der Waals surface area (Å²) in [6, 6.07) is 6.94. The van der Waals surface area contributed by atoms with E-state index in [0.29, 0.717) is 11.7 Å². The topological polar surface area (TPSA) is 37.8 Å². The molecule has 1 atom stereocenters. The molecule has 6 heteroatoms. The van der Waals surface area contributed by atoms with Gasteiger partial charge in [-0.3, -0.25) is 0 Å². The zero-order chi connectivity index (χ0) is 17.2. The number of nitrogens with one attached hydrogen (secondary N) is 1. The fraction of sp³-hybridized carbons (Fsp3) is 0.412. The van der Waals surface area contributed by atoms with E-state index in [1.165, 1.54) is 12.1 Å². The average Bonchev–Trinajstić information content (AvgIpc) is 2.48. The Kier molecular flexibility index (Phi) is 4.92. The maximum Gasteiger partial charge on any atom is 0.416 e. The Morgan fingerprint density at radius 3 is 2.09 bits per heavy atom. The monoisotopic (exact) mass is 323 g/mol. The van der Waals surface area contributed by atoms with Crippen LogP contribution in [0.15, 0.2) is 30.3 Å². The van der Waals surface area contributed by atoms with Gasteiger partial charge in [0.25, 0.3) is 0 Å². The minimum atomic E-state index is -4.32. The van der Waals surface area contributed by atoms with Crippen LogP contribution in [-0.4, -0.2) is 10.2 Å². The van der Waals surface area contributed by atoms with E-state index in [1.54, 1.807) is 0 Å². The van der Waals surface area contributed by atoms with Gasteiger partial charge in [0.1, 0.15) is 0 Å². The first kappa shape index (κ1) is 17.2. The van der Waals surface area contributed by atoms with Crippen molar-refractivity contribution in [1.82, 2.24) is 10.2 Å². The first-order valence-electron chi connectivity index (χ1n) is 7.46. The summed E-state index contributed by atoms with van der Waals surface area (Å²) < 4.78 is 37.8. The molecule has 2 aromatic rings. The number of nitrogens with zero attached hydrogens (tertiary/aromatic N) is 2. The van der Waals surface area contributed by atoms with Crippen LogP contribution in [0.1, 0.15) is 55.1 Å². The van der Waals surface area contributed by atoms with Crippen molar-refractivity contribution in [2.45, 2.75) is 45.8 Å². The van der Waals surface area contributed by atoms with Crippen molar-refractivity contribution in [3.63, 3.8) is 0 Å². The molecule has 0 radical (unpaired) electrons. The molecule has 0 aliphatic rings. The number of anilines is 1. The minimum Gasteiger partial charge on any atom is -0.362 e. The predicted octanol–water partition coefficient (Wildman–Crippen LogP) is 5.10. The Balaban J connectivity index is 2.14. The lowest BCUT2D eigenvalue weighted by Crippen LogP contribution is -2.12. The molecule has 0 saturated heterocycles. The fourth-order valence-electron chi connectivity index (χ4n) is 2.18. The van der Waals surface area contributed by atoms with Gasteiger partial charge in [-0.25, -0.2) is 0 Å². The van der Waals surface area contributed by atoms with E-state index < -0.39 is 11.7 Å². The third-order valence-corrected chi connectivity index (χ3v) is 3.69. The summed E-state index contributed by atoms with van der Waals surface area (Å²) in [5.41, 5.74) is 1.98. The summed E-state index contributed by atoms with van der Waals surface area (Å²) in [4.78, 5) is 0. The SMILES string of the molecule is Cc1cc(C(C)C)nnc1N[C@H](C)c1ccc(C(F)(F)F)cc1. The number of aryl methyl sites for hydroxylation is 1. The molecule has 0 fully saturated rings. The minimum absolute atomic E-state index is 0.171. The normalized spacial score (nSPS) is 13.2. The molecular weight excluding hydrogens is 303 g/mol. The van der Waals surface area contributed by atoms with E-state index in [0.717, 1.165) is 29.0 Å². The van der Waals surface area contributed by atoms with Crippen LogP contribution in [0, 0.1) is 6.92 Å². The van der Waals surface area contributed by atoms with Crippen molar-refractivity contribution in [3.8, 4) is 0 Å². The van der Waals surface area contributed by atoms with Crippen LogP contribution in [-0.2, 0) is 6.18 Å². The summed E-state index contributed by atoms with van der Waals surface area (Å²) in [7, 11) is 0. The van der Waals surface area contributed by atoms with Crippen LogP contribution in [0.3, 0.4) is 0 Å². The predicted molar refractivity (Wildman–Crippen MR) is 84.3 cm³/mol. The summed E-state index contributed by atoms with van der Waals surface area (Å²) in [5, 5.41) is 11.5. The summed E-state index contributed by atoms with van der Waals surface area (Å²) >= 11 is 0. The molecule has 1 N–H and O–H groups in total. The maximum absolute atomic E-state index is 12.6. The highest BCUT2D eigenvalue weighted by atomic mass is 19.4. The Labute approximate surface area is 133 Å². The third-order valence-electron chi connectivity index (χ3n) is 3.69. The number of aromatic nitrogens is 2. The number of alkyl halides is 3. The smallest absolute Gasteiger partial charge is 0.362 e. The first-order chi connectivity index (χ1) is 10.7. The summed E-state index contributed by atoms with van der Waals surface area (Å²) in [5.74, 6) is 0.935. The number of hydrogen-bond donors (Lipinski definition) is 1. The fourth-order valence-corrected chi connectivity index (χ4v) is 2.18. The van der Waals surface area contributed by atoms with Crippen LogP contribution in [0.4, 0.5) is 19.0 Å². The van der Waals surface area contributed by atoms with Crippen LogP contribution < -0.4 is 5.32 Å². The second kappa shape index (κ2) is 6.56. The van der Waals surface area contributed by atoms with Crippen LogP contribution in [0.25, 0.3) is 0 Å². The van der Waals surface area contributed by atoms with E-state index >= 15 is 0 Å². The second-order valence-electron chi connectivity index (χ2n) is 5.94. The first-order valence-corrected chi connectivity index (χ1v) is 7.46. The molecule has 0 unspecified atom stereocenters. The molecule has 0 saturated carbocycles. The van der Waals surface area contributed by atoms with E-state index in [1.807, 2.05) is 33.8 Å². The van der Waals surface area contributed by atoms with Crippen molar-refractivity contribution in [1.29, 1.82) is 0 Å². The molecule has 0 bridgehead atoms. The van der Waals surface area contributed by atoms with Gasteiger partial charge in [-0.15, -0.1) is 5.10 Å². The van der Waals surface area contributed by atoms with E-state index in [-0.39, 0.29) is 6.04 Å². The van der Waals surface area contributed by atoms with E-state index in [4.69, 9.17) is 0 Å². The summed E-state index contributed by atoms with van der Waals surface area (Å²) in [6.07, 6.45) is -4.32. The lowest BCUT2D eigenvalue weighted by Gasteiger charge is -2.17. The van der Waals surface area contributed by atoms with E-state index in [2.05, 4.69) is 15.5 Å². The van der Waals surface area contributed by atoms with Gasteiger partial charge in [0, 0.05) is 0 Å². The molecule has 2 rings (SSSR count). The van der Waals surface area contributed by atoms with Gasteiger partial charge >= 0.3 is 6.18 Å². The van der Waals surface area contributed by atoms with Crippen molar-refractivity contribution >= 4 is 5.82 Å². The van der Waals surface area contributed by atoms with Gasteiger partial charge in [0.05, 0.1) is 17.3 Å². The summed E-state index contributed by atoms with van der Waals surface area (Å²) in [6.45, 7) is 7.89. The highest BCUT2D eigenvalue weighted by Crippen LogP contribution is 2.30.